The molecule has 1 aliphatic rings. The van der Waals surface area contributed by atoms with Crippen LogP contribution in [-0.4, -0.2) is 52.7 Å². The summed E-state index contributed by atoms with van der Waals surface area (Å²) >= 11 is 0. The molecule has 0 unspecified atom stereocenters. The third-order valence-electron chi connectivity index (χ3n) is 4.78. The normalized spacial score (nSPS) is 15.7. The van der Waals surface area contributed by atoms with Gasteiger partial charge in [-0.3, -0.25) is 14.8 Å². The third kappa shape index (κ3) is 2.70. The van der Waals surface area contributed by atoms with E-state index in [2.05, 4.69) is 20.4 Å². The molecule has 0 atom stereocenters. The highest BCUT2D eigenvalue weighted by Crippen LogP contribution is 2.32. The van der Waals surface area contributed by atoms with Crippen molar-refractivity contribution >= 4 is 27.8 Å². The van der Waals surface area contributed by atoms with E-state index in [4.69, 9.17) is 9.72 Å². The van der Waals surface area contributed by atoms with Gasteiger partial charge < -0.3 is 10.1 Å². The van der Waals surface area contributed by atoms with Gasteiger partial charge in [-0.2, -0.15) is 5.10 Å². The van der Waals surface area contributed by atoms with Crippen molar-refractivity contribution in [2.75, 3.05) is 26.7 Å². The zero-order valence-electron chi connectivity index (χ0n) is 14.6. The molecule has 1 amide bonds. The highest BCUT2D eigenvalue weighted by atomic mass is 16.5. The standard InChI is InChI=1S/C18H21N5O2/c1-10-6-12(25-3)7-13-14(8-23-5-4-19-15(24)9-23)16-11(2)21-22-18(16)20-17(10)13/h6-7H,4-5,8-9H2,1-3H3,(H,19,24)(H,20,21,22). The Morgan fingerprint density at radius 2 is 2.16 bits per heavy atom. The number of nitrogens with zero attached hydrogens (tertiary/aromatic N) is 3. The molecule has 0 bridgehead atoms. The fraction of sp³-hybridized carbons (Fsp3) is 0.389. The average Bonchev–Trinajstić information content (AvgIpc) is 2.96. The molecule has 0 saturated carbocycles. The Labute approximate surface area is 145 Å². The number of aryl methyl sites for hydroxylation is 2. The first-order valence-electron chi connectivity index (χ1n) is 8.37. The van der Waals surface area contributed by atoms with E-state index >= 15 is 0 Å². The van der Waals surface area contributed by atoms with Gasteiger partial charge in [-0.25, -0.2) is 4.98 Å². The summed E-state index contributed by atoms with van der Waals surface area (Å²) in [5.74, 6) is 0.878. The maximum Gasteiger partial charge on any atom is 0.234 e. The molecular weight excluding hydrogens is 318 g/mol. The fourth-order valence-electron chi connectivity index (χ4n) is 3.56. The molecule has 1 fully saturated rings. The second-order valence-electron chi connectivity index (χ2n) is 6.54. The van der Waals surface area contributed by atoms with Gasteiger partial charge in [0.1, 0.15) is 5.75 Å². The number of carbonyl (C=O) groups excluding carboxylic acids is 1. The molecule has 1 aliphatic heterocycles. The summed E-state index contributed by atoms with van der Waals surface area (Å²) < 4.78 is 5.46. The van der Waals surface area contributed by atoms with Crippen molar-refractivity contribution in [3.63, 3.8) is 0 Å². The van der Waals surface area contributed by atoms with Crippen molar-refractivity contribution in [1.29, 1.82) is 0 Å². The van der Waals surface area contributed by atoms with Crippen LogP contribution in [-0.2, 0) is 11.3 Å². The van der Waals surface area contributed by atoms with E-state index in [0.717, 1.165) is 51.1 Å². The van der Waals surface area contributed by atoms with Crippen LogP contribution < -0.4 is 10.1 Å². The number of rotatable bonds is 3. The minimum atomic E-state index is 0.0681. The Bertz CT molecular complexity index is 979. The predicted molar refractivity (Wildman–Crippen MR) is 95.7 cm³/mol. The molecule has 7 nitrogen and oxygen atoms in total. The zero-order chi connectivity index (χ0) is 17.6. The topological polar surface area (TPSA) is 83.1 Å². The number of benzene rings is 1. The van der Waals surface area contributed by atoms with E-state index < -0.39 is 0 Å². The number of pyridine rings is 1. The molecule has 7 heteroatoms. The Hall–Kier alpha value is -2.67. The van der Waals surface area contributed by atoms with Gasteiger partial charge in [0, 0.05) is 36.1 Å². The molecule has 25 heavy (non-hydrogen) atoms. The van der Waals surface area contributed by atoms with E-state index in [1.165, 1.54) is 0 Å². The maximum absolute atomic E-state index is 11.8. The third-order valence-corrected chi connectivity index (χ3v) is 4.78. The molecule has 4 rings (SSSR count). The van der Waals surface area contributed by atoms with Gasteiger partial charge in [0.25, 0.3) is 0 Å². The molecular formula is C18H21N5O2. The number of methoxy groups -OCH3 is 1. The van der Waals surface area contributed by atoms with Crippen molar-refractivity contribution in [2.45, 2.75) is 20.4 Å². The van der Waals surface area contributed by atoms with E-state index in [9.17, 15) is 4.79 Å². The van der Waals surface area contributed by atoms with Crippen molar-refractivity contribution in [3.8, 4) is 5.75 Å². The number of hydrogen-bond acceptors (Lipinski definition) is 5. The minimum absolute atomic E-state index is 0.0681. The lowest BCUT2D eigenvalue weighted by atomic mass is 10.0. The summed E-state index contributed by atoms with van der Waals surface area (Å²) in [4.78, 5) is 18.7. The van der Waals surface area contributed by atoms with Crippen LogP contribution in [0.1, 0.15) is 16.8 Å². The van der Waals surface area contributed by atoms with E-state index in [-0.39, 0.29) is 5.91 Å². The number of amides is 1. The van der Waals surface area contributed by atoms with Crippen LogP contribution in [0.5, 0.6) is 5.75 Å². The molecule has 1 saturated heterocycles. The van der Waals surface area contributed by atoms with Gasteiger partial charge in [0.15, 0.2) is 5.65 Å². The molecule has 2 N–H and O–H groups in total. The van der Waals surface area contributed by atoms with E-state index in [0.29, 0.717) is 19.6 Å². The van der Waals surface area contributed by atoms with Crippen LogP contribution in [0.2, 0.25) is 0 Å². The number of nitrogens with one attached hydrogen (secondary N) is 2. The minimum Gasteiger partial charge on any atom is -0.497 e. The smallest absolute Gasteiger partial charge is 0.234 e. The summed E-state index contributed by atoms with van der Waals surface area (Å²) in [5, 5.41) is 12.4. The summed E-state index contributed by atoms with van der Waals surface area (Å²) in [7, 11) is 1.67. The number of carbonyl (C=O) groups is 1. The van der Waals surface area contributed by atoms with Crippen LogP contribution in [0.15, 0.2) is 12.1 Å². The molecule has 3 heterocycles. The SMILES string of the molecule is COc1cc(C)c2nc3n[nH]c(C)c3c(CN3CCNC(=O)C3)c2c1. The number of hydrogen-bond donors (Lipinski definition) is 2. The summed E-state index contributed by atoms with van der Waals surface area (Å²) in [6.45, 7) is 6.62. The van der Waals surface area contributed by atoms with Gasteiger partial charge in [0.2, 0.25) is 5.91 Å². The first-order chi connectivity index (χ1) is 12.1. The lowest BCUT2D eigenvalue weighted by molar-refractivity contribution is -0.124. The molecule has 2 aromatic heterocycles. The summed E-state index contributed by atoms with van der Waals surface area (Å²) in [6.07, 6.45) is 0. The lowest BCUT2D eigenvalue weighted by Gasteiger charge is -2.27. The first kappa shape index (κ1) is 15.8. The lowest BCUT2D eigenvalue weighted by Crippen LogP contribution is -2.47. The molecule has 0 spiro atoms. The maximum atomic E-state index is 11.8. The van der Waals surface area contributed by atoms with Crippen molar-refractivity contribution in [3.05, 3.63) is 29.0 Å². The Balaban J connectivity index is 1.94. The highest BCUT2D eigenvalue weighted by Gasteiger charge is 2.21. The van der Waals surface area contributed by atoms with Crippen molar-refractivity contribution in [1.82, 2.24) is 25.4 Å². The van der Waals surface area contributed by atoms with Gasteiger partial charge >= 0.3 is 0 Å². The monoisotopic (exact) mass is 339 g/mol. The number of aromatic nitrogens is 3. The quantitative estimate of drug-likeness (QED) is 0.758. The number of ether oxygens (including phenoxy) is 1. The summed E-state index contributed by atoms with van der Waals surface area (Å²) in [5.41, 5.74) is 4.82. The van der Waals surface area contributed by atoms with Gasteiger partial charge in [-0.1, -0.05) is 0 Å². The zero-order valence-corrected chi connectivity index (χ0v) is 14.6. The molecule has 3 aromatic rings. The first-order valence-corrected chi connectivity index (χ1v) is 8.37. The number of aromatic amines is 1. The second-order valence-corrected chi connectivity index (χ2v) is 6.54. The van der Waals surface area contributed by atoms with Crippen molar-refractivity contribution < 1.29 is 9.53 Å². The Kier molecular flexibility index (Phi) is 3.80. The van der Waals surface area contributed by atoms with E-state index in [1.807, 2.05) is 26.0 Å². The number of H-pyrrole nitrogens is 1. The average molecular weight is 339 g/mol. The molecule has 0 aliphatic carbocycles. The van der Waals surface area contributed by atoms with Crippen LogP contribution >= 0.6 is 0 Å². The van der Waals surface area contributed by atoms with Gasteiger partial charge in [0.05, 0.1) is 19.2 Å². The molecule has 130 valence electrons. The predicted octanol–water partition coefficient (Wildman–Crippen LogP) is 1.67. The largest absolute Gasteiger partial charge is 0.497 e. The van der Waals surface area contributed by atoms with E-state index in [1.54, 1.807) is 7.11 Å². The van der Waals surface area contributed by atoms with Crippen LogP contribution in [0, 0.1) is 13.8 Å². The van der Waals surface area contributed by atoms with Crippen LogP contribution in [0.4, 0.5) is 0 Å². The van der Waals surface area contributed by atoms with Crippen LogP contribution in [0.25, 0.3) is 21.9 Å². The van der Waals surface area contributed by atoms with Crippen LogP contribution in [0.3, 0.4) is 0 Å². The number of piperazine rings is 1. The molecule has 0 radical (unpaired) electrons. The number of fused-ring (bicyclic) bond motifs is 2. The molecule has 1 aromatic carbocycles. The Morgan fingerprint density at radius 3 is 2.92 bits per heavy atom. The summed E-state index contributed by atoms with van der Waals surface area (Å²) in [6, 6.07) is 4.01. The van der Waals surface area contributed by atoms with Crippen molar-refractivity contribution in [2.24, 2.45) is 0 Å². The van der Waals surface area contributed by atoms with Gasteiger partial charge in [-0.05, 0) is 37.1 Å². The Morgan fingerprint density at radius 1 is 1.32 bits per heavy atom. The second kappa shape index (κ2) is 6.00. The highest BCUT2D eigenvalue weighted by molar-refractivity contribution is 5.99. The van der Waals surface area contributed by atoms with Gasteiger partial charge in [-0.15, -0.1) is 0 Å². The fourth-order valence-corrected chi connectivity index (χ4v) is 3.56.